The summed E-state index contributed by atoms with van der Waals surface area (Å²) in [5.74, 6) is 0. The smallest absolute Gasteiger partial charge is 0.272 e. The molecule has 0 unspecified atom stereocenters. The van der Waals surface area contributed by atoms with E-state index in [-0.39, 0.29) is 10.6 Å². The topological polar surface area (TPSA) is 75.4 Å². The molecule has 0 amide bonds. The molecule has 0 heterocycles. The molecule has 5 nitrogen and oxygen atoms in total. The molecule has 0 aliphatic rings. The number of nitro benzene ring substituents is 1. The minimum Gasteiger partial charge on any atom is -0.389 e. The molecule has 0 saturated carbocycles. The lowest BCUT2D eigenvalue weighted by Crippen LogP contribution is -2.55. The lowest BCUT2D eigenvalue weighted by molar-refractivity contribution is -0.385. The Kier molecular flexibility index (Phi) is 4.32. The van der Waals surface area contributed by atoms with E-state index in [0.29, 0.717) is 12.1 Å². The minimum atomic E-state index is -0.885. The van der Waals surface area contributed by atoms with E-state index < -0.39 is 11.1 Å². The molecule has 0 spiro atoms. The van der Waals surface area contributed by atoms with Crippen LogP contribution >= 0.6 is 0 Å². The molecule has 0 saturated heterocycles. The van der Waals surface area contributed by atoms with E-state index in [4.69, 9.17) is 0 Å². The SMILES string of the molecule is Cc1ccc(CNC(C)(C)C(C)(C)O)cc1[N+](=O)[O-]. The molecule has 1 rings (SSSR count). The fourth-order valence-electron chi connectivity index (χ4n) is 1.50. The first kappa shape index (κ1) is 15.6. The van der Waals surface area contributed by atoms with E-state index in [2.05, 4.69) is 5.32 Å². The maximum atomic E-state index is 10.9. The maximum absolute atomic E-state index is 10.9. The van der Waals surface area contributed by atoms with Crippen molar-refractivity contribution in [1.29, 1.82) is 0 Å². The molecule has 0 radical (unpaired) electrons. The normalized spacial score (nSPS) is 12.5. The second kappa shape index (κ2) is 5.27. The van der Waals surface area contributed by atoms with Crippen LogP contribution in [0.25, 0.3) is 0 Å². The average Bonchev–Trinajstić information content (AvgIpc) is 2.26. The van der Waals surface area contributed by atoms with Crippen LogP contribution in [0.1, 0.15) is 38.8 Å². The van der Waals surface area contributed by atoms with Gasteiger partial charge >= 0.3 is 0 Å². The number of hydrogen-bond donors (Lipinski definition) is 2. The van der Waals surface area contributed by atoms with Crippen LogP contribution < -0.4 is 5.32 Å². The Labute approximate surface area is 113 Å². The van der Waals surface area contributed by atoms with E-state index >= 15 is 0 Å². The van der Waals surface area contributed by atoms with E-state index in [1.165, 1.54) is 0 Å². The van der Waals surface area contributed by atoms with Crippen molar-refractivity contribution >= 4 is 5.69 Å². The monoisotopic (exact) mass is 266 g/mol. The van der Waals surface area contributed by atoms with Crippen molar-refractivity contribution in [3.63, 3.8) is 0 Å². The van der Waals surface area contributed by atoms with Gasteiger partial charge in [0.1, 0.15) is 0 Å². The van der Waals surface area contributed by atoms with E-state index in [1.807, 2.05) is 19.9 Å². The Morgan fingerprint density at radius 2 is 1.89 bits per heavy atom. The molecular formula is C14H22N2O3. The van der Waals surface area contributed by atoms with E-state index in [0.717, 1.165) is 5.56 Å². The van der Waals surface area contributed by atoms with Crippen LogP contribution in [0.5, 0.6) is 0 Å². The largest absolute Gasteiger partial charge is 0.389 e. The second-order valence-electron chi connectivity index (χ2n) is 5.92. The van der Waals surface area contributed by atoms with Gasteiger partial charge in [-0.3, -0.25) is 10.1 Å². The van der Waals surface area contributed by atoms with Crippen LogP contribution in [-0.4, -0.2) is 21.2 Å². The number of aryl methyl sites for hydroxylation is 1. The molecule has 0 atom stereocenters. The predicted molar refractivity (Wildman–Crippen MR) is 75.0 cm³/mol. The van der Waals surface area contributed by atoms with Gasteiger partial charge in [-0.2, -0.15) is 0 Å². The van der Waals surface area contributed by atoms with Crippen molar-refractivity contribution in [3.05, 3.63) is 39.4 Å². The summed E-state index contributed by atoms with van der Waals surface area (Å²) in [6.45, 7) is 9.45. The Bertz CT molecular complexity index is 476. The highest BCUT2D eigenvalue weighted by Gasteiger charge is 2.34. The molecule has 0 aromatic heterocycles. The van der Waals surface area contributed by atoms with Crippen molar-refractivity contribution in [2.75, 3.05) is 0 Å². The highest BCUT2D eigenvalue weighted by molar-refractivity contribution is 5.42. The van der Waals surface area contributed by atoms with Crippen LogP contribution in [0, 0.1) is 17.0 Å². The summed E-state index contributed by atoms with van der Waals surface area (Å²) in [6.07, 6.45) is 0. The van der Waals surface area contributed by atoms with Gasteiger partial charge in [0.25, 0.3) is 5.69 Å². The highest BCUT2D eigenvalue weighted by atomic mass is 16.6. The minimum absolute atomic E-state index is 0.125. The number of nitro groups is 1. The summed E-state index contributed by atoms with van der Waals surface area (Å²) in [4.78, 5) is 10.5. The Hall–Kier alpha value is -1.46. The third kappa shape index (κ3) is 3.75. The standard InChI is InChI=1S/C14H22N2O3/c1-10-6-7-11(8-12(10)16(18)19)9-15-13(2,3)14(4,5)17/h6-8,15,17H,9H2,1-5H3. The quantitative estimate of drug-likeness (QED) is 0.634. The molecule has 5 heteroatoms. The van der Waals surface area contributed by atoms with Gasteiger partial charge in [-0.1, -0.05) is 12.1 Å². The zero-order valence-corrected chi connectivity index (χ0v) is 12.2. The molecule has 1 aromatic carbocycles. The fraction of sp³-hybridized carbons (Fsp3) is 0.571. The predicted octanol–water partition coefficient (Wildman–Crippen LogP) is 2.54. The lowest BCUT2D eigenvalue weighted by Gasteiger charge is -2.38. The van der Waals surface area contributed by atoms with Gasteiger partial charge in [-0.05, 0) is 40.2 Å². The van der Waals surface area contributed by atoms with Crippen LogP contribution in [-0.2, 0) is 6.54 Å². The summed E-state index contributed by atoms with van der Waals surface area (Å²) in [7, 11) is 0. The molecule has 19 heavy (non-hydrogen) atoms. The lowest BCUT2D eigenvalue weighted by atomic mass is 9.86. The number of hydrogen-bond acceptors (Lipinski definition) is 4. The van der Waals surface area contributed by atoms with Crippen LogP contribution in [0.15, 0.2) is 18.2 Å². The van der Waals surface area contributed by atoms with E-state index in [9.17, 15) is 15.2 Å². The molecule has 106 valence electrons. The van der Waals surface area contributed by atoms with Crippen molar-refractivity contribution < 1.29 is 10.0 Å². The van der Waals surface area contributed by atoms with Crippen LogP contribution in [0.2, 0.25) is 0 Å². The van der Waals surface area contributed by atoms with Gasteiger partial charge in [0, 0.05) is 23.7 Å². The zero-order chi connectivity index (χ0) is 14.8. The van der Waals surface area contributed by atoms with Crippen molar-refractivity contribution in [2.24, 2.45) is 0 Å². The van der Waals surface area contributed by atoms with Gasteiger partial charge in [0.05, 0.1) is 10.5 Å². The summed E-state index contributed by atoms with van der Waals surface area (Å²) in [6, 6.07) is 5.17. The molecule has 2 N–H and O–H groups in total. The van der Waals surface area contributed by atoms with Crippen molar-refractivity contribution in [3.8, 4) is 0 Å². The van der Waals surface area contributed by atoms with Crippen molar-refractivity contribution in [1.82, 2.24) is 5.32 Å². The van der Waals surface area contributed by atoms with Crippen LogP contribution in [0.3, 0.4) is 0 Å². The van der Waals surface area contributed by atoms with Crippen molar-refractivity contribution in [2.45, 2.75) is 52.3 Å². The second-order valence-corrected chi connectivity index (χ2v) is 5.92. The summed E-state index contributed by atoms with van der Waals surface area (Å²) < 4.78 is 0. The highest BCUT2D eigenvalue weighted by Crippen LogP contribution is 2.23. The third-order valence-electron chi connectivity index (χ3n) is 3.73. The molecule has 0 aliphatic carbocycles. The first-order valence-corrected chi connectivity index (χ1v) is 6.26. The molecule has 0 fully saturated rings. The number of nitrogens with zero attached hydrogens (tertiary/aromatic N) is 1. The Morgan fingerprint density at radius 3 is 2.37 bits per heavy atom. The number of aliphatic hydroxyl groups is 1. The third-order valence-corrected chi connectivity index (χ3v) is 3.73. The Balaban J connectivity index is 2.85. The first-order chi connectivity index (χ1) is 8.54. The molecular weight excluding hydrogens is 244 g/mol. The number of rotatable bonds is 5. The van der Waals surface area contributed by atoms with Gasteiger partial charge in [-0.15, -0.1) is 0 Å². The van der Waals surface area contributed by atoms with Crippen LogP contribution in [0.4, 0.5) is 5.69 Å². The zero-order valence-electron chi connectivity index (χ0n) is 12.2. The first-order valence-electron chi connectivity index (χ1n) is 6.26. The summed E-state index contributed by atoms with van der Waals surface area (Å²) in [5, 5.41) is 24.1. The molecule has 1 aromatic rings. The molecule has 0 bridgehead atoms. The van der Waals surface area contributed by atoms with E-state index in [1.54, 1.807) is 32.9 Å². The number of benzene rings is 1. The van der Waals surface area contributed by atoms with Gasteiger partial charge in [0.15, 0.2) is 0 Å². The summed E-state index contributed by atoms with van der Waals surface area (Å²) in [5.41, 5.74) is 0.224. The Morgan fingerprint density at radius 1 is 1.32 bits per heavy atom. The average molecular weight is 266 g/mol. The number of nitrogens with one attached hydrogen (secondary N) is 1. The van der Waals surface area contributed by atoms with Gasteiger partial charge in [0.2, 0.25) is 0 Å². The van der Waals surface area contributed by atoms with Gasteiger partial charge in [-0.25, -0.2) is 0 Å². The molecule has 0 aliphatic heterocycles. The summed E-state index contributed by atoms with van der Waals surface area (Å²) >= 11 is 0. The maximum Gasteiger partial charge on any atom is 0.272 e. The fourth-order valence-corrected chi connectivity index (χ4v) is 1.50. The van der Waals surface area contributed by atoms with Gasteiger partial charge < -0.3 is 10.4 Å².